The standard InChI is InChI=1S/C24H17ClFN3O3S/c25-15-6-5-7-16(12-15)29-22(31)14-33-24(29)17-8-1-4-11-20(17)28(23(24)32)13-21(30)27-19-10-3-2-9-18(19)26/h1-12H,13-14H2,(H,27,30)/t24-/m1/s1. The van der Waals surface area contributed by atoms with Crippen LogP contribution >= 0.6 is 23.4 Å². The van der Waals surface area contributed by atoms with Crippen LogP contribution < -0.4 is 15.1 Å². The van der Waals surface area contributed by atoms with Gasteiger partial charge in [-0.05, 0) is 36.4 Å². The van der Waals surface area contributed by atoms with E-state index in [0.717, 1.165) is 0 Å². The van der Waals surface area contributed by atoms with Crippen molar-refractivity contribution in [1.82, 2.24) is 0 Å². The molecule has 33 heavy (non-hydrogen) atoms. The number of thioether (sulfide) groups is 1. The number of para-hydroxylation sites is 2. The molecule has 1 atom stereocenters. The van der Waals surface area contributed by atoms with Gasteiger partial charge in [-0.25, -0.2) is 4.39 Å². The Morgan fingerprint density at radius 3 is 2.61 bits per heavy atom. The lowest BCUT2D eigenvalue weighted by Crippen LogP contribution is -2.50. The Morgan fingerprint density at radius 1 is 1.06 bits per heavy atom. The Kier molecular flexibility index (Phi) is 5.34. The molecule has 5 rings (SSSR count). The second-order valence-corrected chi connectivity index (χ2v) is 9.18. The number of amides is 3. The smallest absolute Gasteiger partial charge is 0.269 e. The highest BCUT2D eigenvalue weighted by molar-refractivity contribution is 8.02. The molecule has 1 spiro atoms. The zero-order valence-electron chi connectivity index (χ0n) is 17.1. The van der Waals surface area contributed by atoms with Crippen molar-refractivity contribution >= 4 is 58.1 Å². The first-order valence-corrected chi connectivity index (χ1v) is 11.5. The lowest BCUT2D eigenvalue weighted by molar-refractivity contribution is -0.124. The van der Waals surface area contributed by atoms with Crippen LogP contribution in [-0.4, -0.2) is 30.0 Å². The number of benzene rings is 3. The van der Waals surface area contributed by atoms with E-state index in [-0.39, 0.29) is 23.9 Å². The quantitative estimate of drug-likeness (QED) is 0.599. The van der Waals surface area contributed by atoms with Crippen LogP contribution in [0.1, 0.15) is 5.56 Å². The summed E-state index contributed by atoms with van der Waals surface area (Å²) in [5.41, 5.74) is 1.67. The molecule has 3 aromatic carbocycles. The molecule has 6 nitrogen and oxygen atoms in total. The van der Waals surface area contributed by atoms with E-state index in [9.17, 15) is 18.8 Å². The Labute approximate surface area is 198 Å². The molecule has 3 amide bonds. The van der Waals surface area contributed by atoms with Crippen LogP contribution in [0, 0.1) is 5.82 Å². The molecule has 0 radical (unpaired) electrons. The molecule has 0 saturated carbocycles. The van der Waals surface area contributed by atoms with Crippen LogP contribution in [0.2, 0.25) is 5.02 Å². The van der Waals surface area contributed by atoms with Crippen molar-refractivity contribution in [3.05, 3.63) is 89.2 Å². The van der Waals surface area contributed by atoms with Crippen LogP contribution in [0.3, 0.4) is 0 Å². The number of nitrogens with one attached hydrogen (secondary N) is 1. The van der Waals surface area contributed by atoms with Gasteiger partial charge in [0.05, 0.1) is 17.1 Å². The molecule has 0 bridgehead atoms. The molecule has 2 heterocycles. The van der Waals surface area contributed by atoms with Gasteiger partial charge < -0.3 is 5.32 Å². The molecule has 9 heteroatoms. The van der Waals surface area contributed by atoms with Crippen molar-refractivity contribution in [3.8, 4) is 0 Å². The molecule has 166 valence electrons. The summed E-state index contributed by atoms with van der Waals surface area (Å²) in [7, 11) is 0. The van der Waals surface area contributed by atoms with Gasteiger partial charge >= 0.3 is 0 Å². The van der Waals surface area contributed by atoms with E-state index in [2.05, 4.69) is 5.32 Å². The van der Waals surface area contributed by atoms with E-state index in [1.54, 1.807) is 54.6 Å². The molecule has 1 saturated heterocycles. The van der Waals surface area contributed by atoms with E-state index in [1.807, 2.05) is 0 Å². The summed E-state index contributed by atoms with van der Waals surface area (Å²) in [6, 6.07) is 19.6. The molecule has 0 unspecified atom stereocenters. The number of rotatable bonds is 4. The number of fused-ring (bicyclic) bond motifs is 2. The molecule has 0 aromatic heterocycles. The molecule has 1 fully saturated rings. The van der Waals surface area contributed by atoms with Crippen LogP contribution in [0.25, 0.3) is 0 Å². The molecular formula is C24H17ClFN3O3S. The number of halogens is 2. The van der Waals surface area contributed by atoms with Crippen molar-refractivity contribution in [2.24, 2.45) is 0 Å². The predicted octanol–water partition coefficient (Wildman–Crippen LogP) is 4.40. The second kappa shape index (κ2) is 8.20. The van der Waals surface area contributed by atoms with Gasteiger partial charge in [0.2, 0.25) is 16.7 Å². The van der Waals surface area contributed by atoms with Gasteiger partial charge in [0.1, 0.15) is 12.4 Å². The Morgan fingerprint density at radius 2 is 1.82 bits per heavy atom. The zero-order chi connectivity index (χ0) is 23.2. The number of carbonyl (C=O) groups excluding carboxylic acids is 3. The largest absolute Gasteiger partial charge is 0.322 e. The molecule has 1 N–H and O–H groups in total. The summed E-state index contributed by atoms with van der Waals surface area (Å²) >= 11 is 7.37. The van der Waals surface area contributed by atoms with Gasteiger partial charge in [0, 0.05) is 16.3 Å². The predicted molar refractivity (Wildman–Crippen MR) is 127 cm³/mol. The van der Waals surface area contributed by atoms with Crippen LogP contribution in [0.4, 0.5) is 21.5 Å². The topological polar surface area (TPSA) is 69.7 Å². The van der Waals surface area contributed by atoms with Crippen LogP contribution in [0.15, 0.2) is 72.8 Å². The third-order valence-electron chi connectivity index (χ3n) is 5.58. The van der Waals surface area contributed by atoms with Gasteiger partial charge in [-0.15, -0.1) is 11.8 Å². The minimum atomic E-state index is -1.35. The Balaban J connectivity index is 1.53. The van der Waals surface area contributed by atoms with Crippen molar-refractivity contribution in [1.29, 1.82) is 0 Å². The second-order valence-electron chi connectivity index (χ2n) is 7.58. The minimum Gasteiger partial charge on any atom is -0.322 e. The summed E-state index contributed by atoms with van der Waals surface area (Å²) in [5, 5.41) is 2.95. The number of carbonyl (C=O) groups is 3. The number of hydrogen-bond acceptors (Lipinski definition) is 4. The first kappa shape index (κ1) is 21.5. The number of anilines is 3. The first-order valence-electron chi connectivity index (χ1n) is 10.1. The highest BCUT2D eigenvalue weighted by atomic mass is 35.5. The van der Waals surface area contributed by atoms with Gasteiger partial charge in [-0.3, -0.25) is 24.2 Å². The third kappa shape index (κ3) is 3.46. The molecule has 0 aliphatic carbocycles. The fraction of sp³-hybridized carbons (Fsp3) is 0.125. The van der Waals surface area contributed by atoms with Crippen LogP contribution in [0.5, 0.6) is 0 Å². The maximum Gasteiger partial charge on any atom is 0.269 e. The summed E-state index contributed by atoms with van der Waals surface area (Å²) in [6.07, 6.45) is 0. The van der Waals surface area contributed by atoms with Gasteiger partial charge in [0.15, 0.2) is 0 Å². The van der Waals surface area contributed by atoms with E-state index < -0.39 is 22.5 Å². The highest BCUT2D eigenvalue weighted by Crippen LogP contribution is 2.55. The minimum absolute atomic E-state index is 0.0307. The van der Waals surface area contributed by atoms with E-state index in [1.165, 1.54) is 39.8 Å². The van der Waals surface area contributed by atoms with Crippen molar-refractivity contribution in [2.75, 3.05) is 27.4 Å². The number of nitrogens with zero attached hydrogens (tertiary/aromatic N) is 2. The van der Waals surface area contributed by atoms with Gasteiger partial charge in [-0.1, -0.05) is 48.0 Å². The Hall–Kier alpha value is -3.36. The van der Waals surface area contributed by atoms with Gasteiger partial charge in [-0.2, -0.15) is 0 Å². The lowest BCUT2D eigenvalue weighted by Gasteiger charge is -2.33. The van der Waals surface area contributed by atoms with E-state index >= 15 is 0 Å². The normalized spacial score (nSPS) is 19.3. The number of hydrogen-bond donors (Lipinski definition) is 1. The molecule has 2 aliphatic rings. The maximum absolute atomic E-state index is 14.0. The Bertz CT molecular complexity index is 1300. The van der Waals surface area contributed by atoms with Crippen molar-refractivity contribution in [3.63, 3.8) is 0 Å². The average molecular weight is 482 g/mol. The highest BCUT2D eigenvalue weighted by Gasteiger charge is 2.61. The van der Waals surface area contributed by atoms with Crippen LogP contribution in [-0.2, 0) is 19.3 Å². The molecule has 3 aromatic rings. The van der Waals surface area contributed by atoms with E-state index in [0.29, 0.717) is 22.0 Å². The maximum atomic E-state index is 14.0. The third-order valence-corrected chi connectivity index (χ3v) is 7.20. The fourth-order valence-electron chi connectivity index (χ4n) is 4.22. The lowest BCUT2D eigenvalue weighted by atomic mass is 10.0. The first-order chi connectivity index (χ1) is 15.9. The van der Waals surface area contributed by atoms with E-state index in [4.69, 9.17) is 11.6 Å². The summed E-state index contributed by atoms with van der Waals surface area (Å²) in [6.45, 7) is -0.329. The summed E-state index contributed by atoms with van der Waals surface area (Å²) in [5.74, 6) is -1.67. The average Bonchev–Trinajstić information content (AvgIpc) is 3.26. The van der Waals surface area contributed by atoms with Crippen molar-refractivity contribution < 1.29 is 18.8 Å². The molecule has 2 aliphatic heterocycles. The van der Waals surface area contributed by atoms with Crippen molar-refractivity contribution in [2.45, 2.75) is 4.87 Å². The molecular weight excluding hydrogens is 465 g/mol. The SMILES string of the molecule is O=C(CN1C(=O)[C@]2(SCC(=O)N2c2cccc(Cl)c2)c2ccccc21)Nc1ccccc1F. The zero-order valence-corrected chi connectivity index (χ0v) is 18.7. The summed E-state index contributed by atoms with van der Waals surface area (Å²) < 4.78 is 14.0. The monoisotopic (exact) mass is 481 g/mol. The fourth-order valence-corrected chi connectivity index (χ4v) is 5.77. The van der Waals surface area contributed by atoms with Gasteiger partial charge in [0.25, 0.3) is 5.91 Å². The summed E-state index contributed by atoms with van der Waals surface area (Å²) in [4.78, 5) is 41.1.